The Hall–Kier alpha value is -4.75. The van der Waals surface area contributed by atoms with Gasteiger partial charge < -0.3 is 0 Å². The predicted molar refractivity (Wildman–Crippen MR) is 175 cm³/mol. The van der Waals surface area contributed by atoms with Gasteiger partial charge in [0.25, 0.3) is 0 Å². The van der Waals surface area contributed by atoms with Gasteiger partial charge in [0, 0.05) is 16.5 Å². The molecule has 1 nitrogen and oxygen atoms in total. The maximum Gasteiger partial charge on any atom is 0.0705 e. The van der Waals surface area contributed by atoms with Crippen LogP contribution in [0.2, 0.25) is 0 Å². The monoisotopic (exact) mass is 525 g/mol. The molecule has 1 aliphatic carbocycles. The Morgan fingerprint density at radius 1 is 0.512 bits per heavy atom. The minimum atomic E-state index is -0.0408. The molecule has 7 aromatic rings. The molecule has 0 unspecified atom stereocenters. The number of aryl methyl sites for hydroxylation is 2. The van der Waals surface area contributed by atoms with E-state index in [1.54, 1.807) is 0 Å². The highest BCUT2D eigenvalue weighted by molar-refractivity contribution is 6.23. The van der Waals surface area contributed by atoms with Crippen molar-refractivity contribution in [3.8, 4) is 33.4 Å². The summed E-state index contributed by atoms with van der Waals surface area (Å²) in [5, 5.41) is 6.32. The summed E-state index contributed by atoms with van der Waals surface area (Å²) in [4.78, 5) is 4.76. The van der Waals surface area contributed by atoms with E-state index in [1.165, 1.54) is 77.0 Å². The predicted octanol–water partition coefficient (Wildman–Crippen LogP) is 10.8. The Kier molecular flexibility index (Phi) is 5.06. The third-order valence-electron chi connectivity index (χ3n) is 9.17. The van der Waals surface area contributed by atoms with Crippen molar-refractivity contribution in [2.75, 3.05) is 0 Å². The Balaban J connectivity index is 1.52. The van der Waals surface area contributed by atoms with E-state index in [1.807, 2.05) is 0 Å². The average Bonchev–Trinajstić information content (AvgIpc) is 3.22. The van der Waals surface area contributed by atoms with Crippen LogP contribution in [0.3, 0.4) is 0 Å². The summed E-state index contributed by atoms with van der Waals surface area (Å²) in [6.45, 7) is 8.98. The van der Waals surface area contributed by atoms with Crippen LogP contribution in [-0.4, -0.2) is 4.98 Å². The van der Waals surface area contributed by atoms with E-state index in [4.69, 9.17) is 4.98 Å². The number of pyridine rings is 1. The van der Waals surface area contributed by atoms with E-state index >= 15 is 0 Å². The van der Waals surface area contributed by atoms with E-state index in [2.05, 4.69) is 143 Å². The first-order valence-electron chi connectivity index (χ1n) is 14.5. The first-order chi connectivity index (χ1) is 19.9. The highest BCUT2D eigenvalue weighted by Crippen LogP contribution is 2.54. The minimum absolute atomic E-state index is 0.0408. The quantitative estimate of drug-likeness (QED) is 0.205. The van der Waals surface area contributed by atoms with Crippen molar-refractivity contribution < 1.29 is 0 Å². The molecule has 0 amide bonds. The van der Waals surface area contributed by atoms with Crippen LogP contribution in [0.1, 0.15) is 36.2 Å². The van der Waals surface area contributed by atoms with Crippen molar-refractivity contribution in [3.05, 3.63) is 138 Å². The minimum Gasteiger partial charge on any atom is -0.253 e. The van der Waals surface area contributed by atoms with Gasteiger partial charge in [0.2, 0.25) is 0 Å². The summed E-state index contributed by atoms with van der Waals surface area (Å²) in [5.74, 6) is 0. The number of aromatic nitrogens is 1. The fourth-order valence-corrected chi connectivity index (χ4v) is 7.24. The Bertz CT molecular complexity index is 2200. The Morgan fingerprint density at radius 3 is 2.07 bits per heavy atom. The normalized spacial score (nSPS) is 13.6. The van der Waals surface area contributed by atoms with Crippen molar-refractivity contribution >= 4 is 32.4 Å². The fraction of sp³-hybridized carbons (Fsp3) is 0.125. The van der Waals surface area contributed by atoms with E-state index in [9.17, 15) is 0 Å². The van der Waals surface area contributed by atoms with Gasteiger partial charge in [-0.2, -0.15) is 0 Å². The maximum atomic E-state index is 4.76. The van der Waals surface area contributed by atoms with Crippen LogP contribution in [0.25, 0.3) is 65.8 Å². The van der Waals surface area contributed by atoms with Crippen molar-refractivity contribution in [2.45, 2.75) is 33.1 Å². The zero-order valence-electron chi connectivity index (χ0n) is 23.9. The van der Waals surface area contributed by atoms with Gasteiger partial charge in [0.05, 0.1) is 5.52 Å². The van der Waals surface area contributed by atoms with Crippen LogP contribution >= 0.6 is 0 Å². The molecule has 41 heavy (non-hydrogen) atoms. The summed E-state index contributed by atoms with van der Waals surface area (Å²) in [7, 11) is 0. The molecule has 1 aromatic heterocycles. The molecular weight excluding hydrogens is 494 g/mol. The summed E-state index contributed by atoms with van der Waals surface area (Å²) in [6, 6.07) is 42.8. The van der Waals surface area contributed by atoms with Gasteiger partial charge in [-0.25, -0.2) is 0 Å². The van der Waals surface area contributed by atoms with Crippen LogP contribution in [0.5, 0.6) is 0 Å². The van der Waals surface area contributed by atoms with Crippen LogP contribution in [0, 0.1) is 13.8 Å². The Morgan fingerprint density at radius 2 is 1.22 bits per heavy atom. The summed E-state index contributed by atoms with van der Waals surface area (Å²) < 4.78 is 0. The largest absolute Gasteiger partial charge is 0.253 e. The smallest absolute Gasteiger partial charge is 0.0705 e. The van der Waals surface area contributed by atoms with Crippen molar-refractivity contribution in [1.82, 2.24) is 4.98 Å². The molecule has 0 atom stereocenters. The first kappa shape index (κ1) is 24.1. The molecule has 0 saturated heterocycles. The lowest BCUT2D eigenvalue weighted by Gasteiger charge is -2.23. The van der Waals surface area contributed by atoms with Crippen molar-refractivity contribution in [3.63, 3.8) is 0 Å². The number of rotatable bonds is 2. The lowest BCUT2D eigenvalue weighted by atomic mass is 9.80. The summed E-state index contributed by atoms with van der Waals surface area (Å²) in [5.41, 5.74) is 14.0. The third kappa shape index (κ3) is 3.45. The molecule has 0 aliphatic heterocycles. The highest BCUT2D eigenvalue weighted by atomic mass is 14.7. The van der Waals surface area contributed by atoms with Crippen LogP contribution in [0.4, 0.5) is 0 Å². The SMILES string of the molecule is Cc1ccc2c(-c3ccc4nc(C)ccc4c3)c3ccccc3c(-c3cccc4c3-c3ccccc3C4(C)C)c2c1. The van der Waals surface area contributed by atoms with Gasteiger partial charge in [-0.3, -0.25) is 4.98 Å². The molecule has 8 rings (SSSR count). The zero-order chi connectivity index (χ0) is 27.9. The second-order valence-electron chi connectivity index (χ2n) is 12.1. The zero-order valence-corrected chi connectivity index (χ0v) is 23.9. The molecule has 0 N–H and O–H groups in total. The molecule has 1 aliphatic rings. The molecule has 0 radical (unpaired) electrons. The molecule has 6 aromatic carbocycles. The van der Waals surface area contributed by atoms with Crippen LogP contribution < -0.4 is 0 Å². The molecule has 0 saturated carbocycles. The van der Waals surface area contributed by atoms with Crippen molar-refractivity contribution in [1.29, 1.82) is 0 Å². The second kappa shape index (κ2) is 8.62. The molecule has 1 heterocycles. The third-order valence-corrected chi connectivity index (χ3v) is 9.17. The fourth-order valence-electron chi connectivity index (χ4n) is 7.24. The molecule has 196 valence electrons. The van der Waals surface area contributed by atoms with Crippen LogP contribution in [0.15, 0.2) is 115 Å². The van der Waals surface area contributed by atoms with E-state index in [0.29, 0.717) is 0 Å². The Labute approximate surface area is 241 Å². The summed E-state index contributed by atoms with van der Waals surface area (Å²) in [6.07, 6.45) is 0. The molecule has 0 fully saturated rings. The van der Waals surface area contributed by atoms with Crippen LogP contribution in [-0.2, 0) is 5.41 Å². The lowest BCUT2D eigenvalue weighted by Crippen LogP contribution is -2.14. The lowest BCUT2D eigenvalue weighted by molar-refractivity contribution is 0.660. The van der Waals surface area contributed by atoms with E-state index in [0.717, 1.165) is 11.2 Å². The van der Waals surface area contributed by atoms with Gasteiger partial charge in [0.15, 0.2) is 0 Å². The molecular formula is C40H31N. The molecule has 0 spiro atoms. The van der Waals surface area contributed by atoms with Gasteiger partial charge in [0.1, 0.15) is 0 Å². The first-order valence-corrected chi connectivity index (χ1v) is 14.5. The van der Waals surface area contributed by atoms with Gasteiger partial charge in [-0.05, 0) is 98.1 Å². The second-order valence-corrected chi connectivity index (χ2v) is 12.1. The maximum absolute atomic E-state index is 4.76. The van der Waals surface area contributed by atoms with E-state index in [-0.39, 0.29) is 5.41 Å². The van der Waals surface area contributed by atoms with Gasteiger partial charge in [-0.15, -0.1) is 0 Å². The number of fused-ring (bicyclic) bond motifs is 6. The number of benzene rings is 6. The molecule has 1 heteroatoms. The number of hydrogen-bond donors (Lipinski definition) is 0. The topological polar surface area (TPSA) is 12.9 Å². The molecule has 0 bridgehead atoms. The number of nitrogens with zero attached hydrogens (tertiary/aromatic N) is 1. The standard InChI is InChI=1S/C40H31N/c1-24-16-20-30-33(22-24)38(32-13-9-15-35-39(32)31-12-7-8-14-34(31)40(35,3)4)29-11-6-5-10-28(29)37(30)27-19-21-36-26(23-27)18-17-25(2)41-36/h5-23H,1-4H3. The summed E-state index contributed by atoms with van der Waals surface area (Å²) >= 11 is 0. The number of hydrogen-bond acceptors (Lipinski definition) is 1. The van der Waals surface area contributed by atoms with Gasteiger partial charge >= 0.3 is 0 Å². The highest BCUT2D eigenvalue weighted by Gasteiger charge is 2.37. The van der Waals surface area contributed by atoms with E-state index < -0.39 is 0 Å². The van der Waals surface area contributed by atoms with Crippen molar-refractivity contribution in [2.24, 2.45) is 0 Å². The van der Waals surface area contributed by atoms with Gasteiger partial charge in [-0.1, -0.05) is 116 Å². The average molecular weight is 526 g/mol.